The largest absolute Gasteiger partial charge is 0.421 e. The Balaban J connectivity index is 1.27. The molecule has 0 aliphatic carbocycles. The Bertz CT molecular complexity index is 1760. The van der Waals surface area contributed by atoms with Crippen LogP contribution in [0.15, 0.2) is 132 Å². The van der Waals surface area contributed by atoms with Crippen LogP contribution in [0.4, 0.5) is 17.2 Å². The van der Waals surface area contributed by atoms with Crippen LogP contribution in [0.1, 0.15) is 0 Å². The Morgan fingerprint density at radius 1 is 0.658 bits per heavy atom. The average molecular weight is 495 g/mol. The fraction of sp³-hybridized carbons (Fsp3) is 0.0303. The Hall–Kier alpha value is -5.16. The zero-order valence-corrected chi connectivity index (χ0v) is 20.8. The van der Waals surface area contributed by atoms with E-state index in [1.54, 1.807) is 0 Å². The molecule has 182 valence electrons. The van der Waals surface area contributed by atoms with Gasteiger partial charge in [0.05, 0.1) is 5.69 Å². The lowest BCUT2D eigenvalue weighted by Gasteiger charge is -2.28. The van der Waals surface area contributed by atoms with Crippen molar-refractivity contribution in [1.29, 1.82) is 0 Å². The second-order valence-corrected chi connectivity index (χ2v) is 9.27. The first-order valence-electron chi connectivity index (χ1n) is 12.5. The van der Waals surface area contributed by atoms with E-state index >= 15 is 0 Å². The van der Waals surface area contributed by atoms with Crippen molar-refractivity contribution in [2.45, 2.75) is 0 Å². The van der Waals surface area contributed by atoms with Crippen LogP contribution >= 0.6 is 0 Å². The van der Waals surface area contributed by atoms with Gasteiger partial charge in [-0.3, -0.25) is 4.90 Å². The Kier molecular flexibility index (Phi) is 5.26. The van der Waals surface area contributed by atoms with E-state index in [-0.39, 0.29) is 0 Å². The lowest BCUT2D eigenvalue weighted by molar-refractivity contribution is -0.660. The van der Waals surface area contributed by atoms with Gasteiger partial charge < -0.3 is 9.15 Å². The number of oxazole rings is 1. The van der Waals surface area contributed by atoms with Crippen molar-refractivity contribution in [3.63, 3.8) is 0 Å². The minimum atomic E-state index is 0.389. The highest BCUT2D eigenvalue weighted by atomic mass is 16.6. The maximum atomic E-state index is 5.93. The van der Waals surface area contributed by atoms with Crippen molar-refractivity contribution in [2.24, 2.45) is 7.05 Å². The number of hydrogen-bond donors (Lipinski definition) is 0. The third-order valence-electron chi connectivity index (χ3n) is 6.91. The molecule has 7 rings (SSSR count). The topological polar surface area (TPSA) is 42.4 Å². The number of ether oxygens (including phenoxy) is 1. The molecule has 0 bridgehead atoms. The Morgan fingerprint density at radius 3 is 2.21 bits per heavy atom. The summed E-state index contributed by atoms with van der Waals surface area (Å²) in [5, 5.41) is 0. The summed E-state index contributed by atoms with van der Waals surface area (Å²) in [4.78, 5) is 6.52. The zero-order valence-electron chi connectivity index (χ0n) is 20.8. The molecule has 3 heterocycles. The highest BCUT2D eigenvalue weighted by Crippen LogP contribution is 2.49. The molecule has 0 fully saturated rings. The first-order valence-corrected chi connectivity index (χ1v) is 12.5. The highest BCUT2D eigenvalue weighted by Gasteiger charge is 2.30. The molecule has 0 spiro atoms. The first kappa shape index (κ1) is 22.1. The fourth-order valence-corrected chi connectivity index (χ4v) is 4.98. The molecule has 2 aromatic heterocycles. The van der Waals surface area contributed by atoms with E-state index in [0.717, 1.165) is 28.4 Å². The maximum Gasteiger partial charge on any atom is 0.337 e. The summed E-state index contributed by atoms with van der Waals surface area (Å²) < 4.78 is 13.6. The van der Waals surface area contributed by atoms with Gasteiger partial charge in [0.2, 0.25) is 11.5 Å². The predicted octanol–water partition coefficient (Wildman–Crippen LogP) is 8.08. The number of para-hydroxylation sites is 2. The monoisotopic (exact) mass is 494 g/mol. The van der Waals surface area contributed by atoms with E-state index in [0.29, 0.717) is 11.8 Å². The first-order chi connectivity index (χ1) is 18.7. The summed E-state index contributed by atoms with van der Waals surface area (Å²) >= 11 is 0. The van der Waals surface area contributed by atoms with Crippen molar-refractivity contribution in [3.05, 3.63) is 128 Å². The molecule has 0 amide bonds. The van der Waals surface area contributed by atoms with Crippen LogP contribution in [0.2, 0.25) is 0 Å². The number of anilines is 3. The van der Waals surface area contributed by atoms with E-state index in [1.165, 1.54) is 28.6 Å². The highest BCUT2D eigenvalue weighted by molar-refractivity contribution is 5.84. The minimum absolute atomic E-state index is 0.389. The quantitative estimate of drug-likeness (QED) is 0.232. The van der Waals surface area contributed by atoms with E-state index < -0.39 is 0 Å². The van der Waals surface area contributed by atoms with E-state index in [1.807, 2.05) is 30.3 Å². The van der Waals surface area contributed by atoms with Crippen LogP contribution in [0.3, 0.4) is 0 Å². The van der Waals surface area contributed by atoms with Gasteiger partial charge in [0.25, 0.3) is 0 Å². The molecule has 0 saturated heterocycles. The number of hydrogen-bond acceptors (Lipinski definition) is 4. The molecule has 0 N–H and O–H groups in total. The lowest BCUT2D eigenvalue weighted by atomic mass is 9.99. The van der Waals surface area contributed by atoms with Crippen LogP contribution in [0.5, 0.6) is 11.7 Å². The third kappa shape index (κ3) is 3.82. The SMILES string of the molecule is C[n+]1ccc(-c2ccc(-c3ccccc3)cc2)cc1-c1cccc(N2c3ccccc3Oc3ocnc32)c1. The zero-order chi connectivity index (χ0) is 25.5. The van der Waals surface area contributed by atoms with Crippen molar-refractivity contribution in [3.8, 4) is 45.2 Å². The minimum Gasteiger partial charge on any atom is -0.421 e. The number of nitrogens with zero attached hydrogens (tertiary/aromatic N) is 3. The molecule has 5 heteroatoms. The number of rotatable bonds is 4. The third-order valence-corrected chi connectivity index (χ3v) is 6.91. The summed E-state index contributed by atoms with van der Waals surface area (Å²) in [5.74, 6) is 1.76. The number of fused-ring (bicyclic) bond motifs is 2. The standard InChI is InChI=1S/C33H24N3O2/c1-35-19-18-26(25-16-14-24(15-17-25)23-8-3-2-4-9-23)21-30(35)27-10-7-11-28(20-27)36-29-12-5-6-13-31(29)38-33-32(36)34-22-37-33/h2-22H,1H3/q+1. The summed E-state index contributed by atoms with van der Waals surface area (Å²) in [6.45, 7) is 0. The van der Waals surface area contributed by atoms with Crippen LogP contribution in [0, 0.1) is 0 Å². The van der Waals surface area contributed by atoms with Gasteiger partial charge in [0, 0.05) is 23.4 Å². The second-order valence-electron chi connectivity index (χ2n) is 9.27. The van der Waals surface area contributed by atoms with Gasteiger partial charge in [-0.2, -0.15) is 4.98 Å². The van der Waals surface area contributed by atoms with Crippen molar-refractivity contribution >= 4 is 17.2 Å². The summed E-state index contributed by atoms with van der Waals surface area (Å²) in [6.07, 6.45) is 3.53. The van der Waals surface area contributed by atoms with Gasteiger partial charge in [-0.1, -0.05) is 72.8 Å². The average Bonchev–Trinajstić information content (AvgIpc) is 3.45. The van der Waals surface area contributed by atoms with Gasteiger partial charge in [-0.05, 0) is 52.6 Å². The number of aromatic nitrogens is 2. The van der Waals surface area contributed by atoms with Crippen LogP contribution < -0.4 is 14.2 Å². The van der Waals surface area contributed by atoms with Gasteiger partial charge >= 0.3 is 5.95 Å². The lowest BCUT2D eigenvalue weighted by Crippen LogP contribution is -2.30. The van der Waals surface area contributed by atoms with Crippen molar-refractivity contribution in [1.82, 2.24) is 4.98 Å². The number of pyridine rings is 1. The van der Waals surface area contributed by atoms with E-state index in [9.17, 15) is 0 Å². The molecule has 1 aliphatic rings. The molecular formula is C33H24N3O2+. The molecule has 0 radical (unpaired) electrons. The summed E-state index contributed by atoms with van der Waals surface area (Å²) in [5.41, 5.74) is 8.88. The van der Waals surface area contributed by atoms with Crippen LogP contribution in [0.25, 0.3) is 33.5 Å². The molecule has 0 unspecified atom stereocenters. The van der Waals surface area contributed by atoms with Gasteiger partial charge in [0.15, 0.2) is 18.3 Å². The Morgan fingerprint density at radius 2 is 1.37 bits per heavy atom. The van der Waals surface area contributed by atoms with Gasteiger partial charge in [-0.15, -0.1) is 0 Å². The molecule has 1 aliphatic heterocycles. The maximum absolute atomic E-state index is 5.93. The molecular weight excluding hydrogens is 470 g/mol. The molecule has 0 atom stereocenters. The molecule has 5 nitrogen and oxygen atoms in total. The summed E-state index contributed by atoms with van der Waals surface area (Å²) in [7, 11) is 2.07. The molecule has 4 aromatic carbocycles. The van der Waals surface area contributed by atoms with Crippen LogP contribution in [-0.2, 0) is 7.05 Å². The number of aryl methyl sites for hydroxylation is 1. The van der Waals surface area contributed by atoms with Crippen molar-refractivity contribution in [2.75, 3.05) is 4.90 Å². The smallest absolute Gasteiger partial charge is 0.337 e. The van der Waals surface area contributed by atoms with Crippen molar-refractivity contribution < 1.29 is 13.7 Å². The van der Waals surface area contributed by atoms with E-state index in [4.69, 9.17) is 9.15 Å². The number of benzene rings is 4. The molecule has 38 heavy (non-hydrogen) atoms. The van der Waals surface area contributed by atoms with Gasteiger partial charge in [-0.25, -0.2) is 4.57 Å². The Labute approximate surface area is 220 Å². The predicted molar refractivity (Wildman–Crippen MR) is 149 cm³/mol. The fourth-order valence-electron chi connectivity index (χ4n) is 4.98. The molecule has 0 saturated carbocycles. The second kappa shape index (κ2) is 9.05. The van der Waals surface area contributed by atoms with Crippen LogP contribution in [-0.4, -0.2) is 4.98 Å². The summed E-state index contributed by atoms with van der Waals surface area (Å²) in [6, 6.07) is 40.0. The van der Waals surface area contributed by atoms with E-state index in [2.05, 4.69) is 113 Å². The normalized spacial score (nSPS) is 12.0. The van der Waals surface area contributed by atoms with Gasteiger partial charge in [0.1, 0.15) is 7.05 Å². The molecule has 6 aromatic rings.